The summed E-state index contributed by atoms with van der Waals surface area (Å²) in [6.07, 6.45) is 0.0666. The van der Waals surface area contributed by atoms with Gasteiger partial charge in [0, 0.05) is 13.0 Å². The second-order valence-electron chi connectivity index (χ2n) is 6.01. The van der Waals surface area contributed by atoms with Crippen molar-refractivity contribution in [1.29, 1.82) is 0 Å². The smallest absolute Gasteiger partial charge is 0.337 e. The third kappa shape index (κ3) is 3.92. The Hall–Kier alpha value is -3.35. The first-order valence-corrected chi connectivity index (χ1v) is 8.37. The lowest BCUT2D eigenvalue weighted by atomic mass is 10.1. The van der Waals surface area contributed by atoms with Crippen LogP contribution >= 0.6 is 0 Å². The van der Waals surface area contributed by atoms with Crippen molar-refractivity contribution in [3.63, 3.8) is 0 Å². The number of benzene rings is 2. The van der Waals surface area contributed by atoms with E-state index in [9.17, 15) is 14.4 Å². The van der Waals surface area contributed by atoms with Gasteiger partial charge in [0.15, 0.2) is 0 Å². The van der Waals surface area contributed by atoms with Gasteiger partial charge in [-0.2, -0.15) is 0 Å². The van der Waals surface area contributed by atoms with Gasteiger partial charge in [0.2, 0.25) is 5.91 Å². The monoisotopic (exact) mass is 369 g/mol. The molecular formula is C20H19NO6. The molecule has 140 valence electrons. The zero-order chi connectivity index (χ0) is 19.4. The fourth-order valence-electron chi connectivity index (χ4n) is 2.93. The van der Waals surface area contributed by atoms with E-state index in [1.807, 2.05) is 6.07 Å². The highest BCUT2D eigenvalue weighted by Gasteiger charge is 2.37. The van der Waals surface area contributed by atoms with Crippen molar-refractivity contribution in [1.82, 2.24) is 0 Å². The molecule has 2 aromatic carbocycles. The third-order valence-corrected chi connectivity index (χ3v) is 4.33. The van der Waals surface area contributed by atoms with Crippen molar-refractivity contribution in [2.45, 2.75) is 6.42 Å². The van der Waals surface area contributed by atoms with Crippen molar-refractivity contribution < 1.29 is 28.6 Å². The molecule has 0 bridgehead atoms. The van der Waals surface area contributed by atoms with Crippen LogP contribution in [0.15, 0.2) is 48.5 Å². The lowest BCUT2D eigenvalue weighted by Crippen LogP contribution is -2.27. The van der Waals surface area contributed by atoms with Gasteiger partial charge in [-0.05, 0) is 36.4 Å². The molecular weight excluding hydrogens is 350 g/mol. The van der Waals surface area contributed by atoms with Gasteiger partial charge < -0.3 is 19.1 Å². The van der Waals surface area contributed by atoms with E-state index in [-0.39, 0.29) is 18.9 Å². The number of amides is 1. The normalized spacial score (nSPS) is 16.1. The fraction of sp³-hybridized carbons (Fsp3) is 0.250. The number of ether oxygens (including phenoxy) is 3. The zero-order valence-electron chi connectivity index (χ0n) is 15.0. The average molecular weight is 369 g/mol. The van der Waals surface area contributed by atoms with Crippen LogP contribution in [0.4, 0.5) is 5.69 Å². The number of nitrogens with zero attached hydrogens (tertiary/aromatic N) is 1. The molecule has 27 heavy (non-hydrogen) atoms. The second kappa shape index (κ2) is 7.90. The Bertz CT molecular complexity index is 861. The maximum atomic E-state index is 12.4. The maximum Gasteiger partial charge on any atom is 0.337 e. The number of carbonyl (C=O) groups is 3. The minimum absolute atomic E-state index is 0.0666. The molecule has 1 heterocycles. The van der Waals surface area contributed by atoms with Crippen LogP contribution < -0.4 is 14.4 Å². The Morgan fingerprint density at radius 1 is 1.04 bits per heavy atom. The van der Waals surface area contributed by atoms with Crippen LogP contribution in [0.1, 0.15) is 16.8 Å². The Kier molecular flexibility index (Phi) is 5.40. The van der Waals surface area contributed by atoms with E-state index in [0.29, 0.717) is 22.7 Å². The van der Waals surface area contributed by atoms with Crippen molar-refractivity contribution in [2.24, 2.45) is 5.92 Å². The number of methoxy groups -OCH3 is 2. The number of para-hydroxylation sites is 2. The van der Waals surface area contributed by atoms with Crippen LogP contribution in [0.25, 0.3) is 0 Å². The predicted molar refractivity (Wildman–Crippen MR) is 96.9 cm³/mol. The van der Waals surface area contributed by atoms with Gasteiger partial charge >= 0.3 is 11.9 Å². The summed E-state index contributed by atoms with van der Waals surface area (Å²) in [5, 5.41) is 0. The van der Waals surface area contributed by atoms with Crippen LogP contribution in [0.2, 0.25) is 0 Å². The van der Waals surface area contributed by atoms with Gasteiger partial charge in [0.05, 0.1) is 31.4 Å². The molecule has 1 saturated heterocycles. The second-order valence-corrected chi connectivity index (χ2v) is 6.01. The van der Waals surface area contributed by atoms with Gasteiger partial charge in [-0.1, -0.05) is 12.1 Å². The van der Waals surface area contributed by atoms with Crippen molar-refractivity contribution in [2.75, 3.05) is 25.7 Å². The molecule has 0 aromatic heterocycles. The molecule has 1 fully saturated rings. The Morgan fingerprint density at radius 3 is 2.41 bits per heavy atom. The number of hydrogen-bond donors (Lipinski definition) is 0. The molecule has 1 atom stereocenters. The van der Waals surface area contributed by atoms with E-state index in [0.717, 1.165) is 0 Å². The molecule has 0 unspecified atom stereocenters. The number of esters is 2. The molecule has 0 saturated carbocycles. The summed E-state index contributed by atoms with van der Waals surface area (Å²) >= 11 is 0. The van der Waals surface area contributed by atoms with Gasteiger partial charge in [-0.25, -0.2) is 4.79 Å². The lowest BCUT2D eigenvalue weighted by molar-refractivity contribution is -0.139. The van der Waals surface area contributed by atoms with Crippen LogP contribution in [0, 0.1) is 5.92 Å². The van der Waals surface area contributed by atoms with E-state index < -0.39 is 17.9 Å². The summed E-state index contributed by atoms with van der Waals surface area (Å²) in [5.41, 5.74) is 0.985. The summed E-state index contributed by atoms with van der Waals surface area (Å²) in [6.45, 7) is 0.221. The van der Waals surface area contributed by atoms with Crippen molar-refractivity contribution in [3.05, 3.63) is 54.1 Å². The molecule has 0 radical (unpaired) electrons. The summed E-state index contributed by atoms with van der Waals surface area (Å²) in [7, 11) is 2.82. The van der Waals surface area contributed by atoms with Crippen LogP contribution in [0.5, 0.6) is 11.5 Å². The van der Waals surface area contributed by atoms with Gasteiger partial charge in [0.1, 0.15) is 11.5 Å². The van der Waals surface area contributed by atoms with Crippen molar-refractivity contribution >= 4 is 23.5 Å². The molecule has 1 aliphatic heterocycles. The summed E-state index contributed by atoms with van der Waals surface area (Å²) in [4.78, 5) is 37.8. The Balaban J connectivity index is 1.68. The van der Waals surface area contributed by atoms with Crippen LogP contribution in [-0.2, 0) is 14.3 Å². The standard InChI is InChI=1S/C20H19NO6/c1-25-17-6-4-3-5-16(17)21-12-14(11-18(21)22)20(24)27-15-9-7-13(8-10-15)19(23)26-2/h3-10,14H,11-12H2,1-2H3/t14-/m0/s1. The van der Waals surface area contributed by atoms with E-state index in [1.165, 1.54) is 43.4 Å². The molecule has 3 rings (SSSR count). The first-order chi connectivity index (χ1) is 13.0. The van der Waals surface area contributed by atoms with Gasteiger partial charge in [-0.3, -0.25) is 9.59 Å². The van der Waals surface area contributed by atoms with Gasteiger partial charge in [0.25, 0.3) is 0 Å². The number of carbonyl (C=O) groups excluding carboxylic acids is 3. The van der Waals surface area contributed by atoms with Crippen LogP contribution in [0.3, 0.4) is 0 Å². The topological polar surface area (TPSA) is 82.1 Å². The number of anilines is 1. The predicted octanol–water partition coefficient (Wildman–Crippen LogP) is 2.44. The quantitative estimate of drug-likeness (QED) is 0.595. The van der Waals surface area contributed by atoms with E-state index in [2.05, 4.69) is 4.74 Å². The van der Waals surface area contributed by atoms with E-state index in [4.69, 9.17) is 9.47 Å². The molecule has 1 aliphatic rings. The highest BCUT2D eigenvalue weighted by Crippen LogP contribution is 2.33. The van der Waals surface area contributed by atoms with Crippen LogP contribution in [-0.4, -0.2) is 38.6 Å². The minimum Gasteiger partial charge on any atom is -0.495 e. The highest BCUT2D eigenvalue weighted by atomic mass is 16.5. The average Bonchev–Trinajstić information content (AvgIpc) is 3.09. The molecule has 7 heteroatoms. The highest BCUT2D eigenvalue weighted by molar-refractivity contribution is 6.00. The lowest BCUT2D eigenvalue weighted by Gasteiger charge is -2.19. The van der Waals surface area contributed by atoms with E-state index >= 15 is 0 Å². The maximum absolute atomic E-state index is 12.4. The molecule has 1 amide bonds. The summed E-state index contributed by atoms with van der Waals surface area (Å²) in [6, 6.07) is 13.2. The minimum atomic E-state index is -0.581. The fourth-order valence-corrected chi connectivity index (χ4v) is 2.93. The summed E-state index contributed by atoms with van der Waals surface area (Å²) < 4.78 is 15.3. The van der Waals surface area contributed by atoms with Gasteiger partial charge in [-0.15, -0.1) is 0 Å². The molecule has 0 N–H and O–H groups in total. The summed E-state index contributed by atoms with van der Waals surface area (Å²) in [5.74, 6) is -0.840. The molecule has 2 aromatic rings. The van der Waals surface area contributed by atoms with Crippen molar-refractivity contribution in [3.8, 4) is 11.5 Å². The first kappa shape index (κ1) is 18.4. The Morgan fingerprint density at radius 2 is 1.74 bits per heavy atom. The zero-order valence-corrected chi connectivity index (χ0v) is 15.0. The molecule has 0 aliphatic carbocycles. The Labute approximate surface area is 156 Å². The third-order valence-electron chi connectivity index (χ3n) is 4.33. The number of rotatable bonds is 5. The molecule has 7 nitrogen and oxygen atoms in total. The SMILES string of the molecule is COC(=O)c1ccc(OC(=O)[C@H]2CC(=O)N(c3ccccc3OC)C2)cc1. The number of hydrogen-bond acceptors (Lipinski definition) is 6. The molecule has 0 spiro atoms. The largest absolute Gasteiger partial charge is 0.495 e. The van der Waals surface area contributed by atoms with E-state index in [1.54, 1.807) is 18.2 Å². The first-order valence-electron chi connectivity index (χ1n) is 8.37.